The van der Waals surface area contributed by atoms with Crippen LogP contribution in [0.25, 0.3) is 11.4 Å². The number of hydrogen-bond acceptors (Lipinski definition) is 3. The van der Waals surface area contributed by atoms with Gasteiger partial charge in [0.15, 0.2) is 0 Å². The van der Waals surface area contributed by atoms with Crippen molar-refractivity contribution in [2.75, 3.05) is 0 Å². The van der Waals surface area contributed by atoms with Gasteiger partial charge in [0.1, 0.15) is 0 Å². The van der Waals surface area contributed by atoms with Gasteiger partial charge in [-0.15, -0.1) is 10.2 Å². The van der Waals surface area contributed by atoms with Gasteiger partial charge >= 0.3 is 0 Å². The SMILES string of the molecule is Cc1c(Cl)cc2c(c1-c1nn[nH]n1)CCC2. The van der Waals surface area contributed by atoms with E-state index in [2.05, 4.69) is 26.7 Å². The first kappa shape index (κ1) is 9.78. The van der Waals surface area contributed by atoms with Crippen LogP contribution in [0.4, 0.5) is 0 Å². The normalized spacial score (nSPS) is 14.1. The molecule has 1 aliphatic carbocycles. The second-order valence-electron chi connectivity index (χ2n) is 4.09. The fourth-order valence-electron chi connectivity index (χ4n) is 2.39. The maximum atomic E-state index is 6.23. The van der Waals surface area contributed by atoms with Crippen LogP contribution in [0.1, 0.15) is 23.1 Å². The zero-order valence-corrected chi connectivity index (χ0v) is 9.67. The average molecular weight is 235 g/mol. The van der Waals surface area contributed by atoms with Gasteiger partial charge in [0.25, 0.3) is 0 Å². The molecular weight excluding hydrogens is 224 g/mol. The van der Waals surface area contributed by atoms with E-state index >= 15 is 0 Å². The second kappa shape index (κ2) is 3.56. The standard InChI is InChI=1S/C11H11ClN4/c1-6-9(12)5-7-3-2-4-8(7)10(6)11-13-15-16-14-11/h5H,2-4H2,1H3,(H,13,14,15,16). The molecular formula is C11H11ClN4. The Kier molecular flexibility index (Phi) is 2.17. The van der Waals surface area contributed by atoms with Crippen molar-refractivity contribution in [2.45, 2.75) is 26.2 Å². The number of rotatable bonds is 1. The van der Waals surface area contributed by atoms with E-state index < -0.39 is 0 Å². The number of H-pyrrole nitrogens is 1. The smallest absolute Gasteiger partial charge is 0.177 e. The molecule has 3 rings (SSSR count). The lowest BCUT2D eigenvalue weighted by molar-refractivity contribution is 0.881. The van der Waals surface area contributed by atoms with Crippen molar-refractivity contribution in [3.8, 4) is 11.4 Å². The van der Waals surface area contributed by atoms with Gasteiger partial charge in [-0.1, -0.05) is 11.6 Å². The van der Waals surface area contributed by atoms with E-state index in [1.807, 2.05) is 6.92 Å². The largest absolute Gasteiger partial charge is 0.205 e. The number of aromatic nitrogens is 4. The van der Waals surface area contributed by atoms with Crippen molar-refractivity contribution >= 4 is 11.6 Å². The maximum Gasteiger partial charge on any atom is 0.205 e. The van der Waals surface area contributed by atoms with Gasteiger partial charge < -0.3 is 0 Å². The number of nitrogens with one attached hydrogen (secondary N) is 1. The van der Waals surface area contributed by atoms with Crippen molar-refractivity contribution in [2.24, 2.45) is 0 Å². The number of fused-ring (bicyclic) bond motifs is 1. The first-order chi connectivity index (χ1) is 7.77. The highest BCUT2D eigenvalue weighted by Gasteiger charge is 2.21. The van der Waals surface area contributed by atoms with Crippen LogP contribution < -0.4 is 0 Å². The number of nitrogens with zero attached hydrogens (tertiary/aromatic N) is 3. The van der Waals surface area contributed by atoms with Crippen LogP contribution in [0.5, 0.6) is 0 Å². The van der Waals surface area contributed by atoms with Crippen molar-refractivity contribution in [1.82, 2.24) is 20.6 Å². The third-order valence-electron chi connectivity index (χ3n) is 3.17. The summed E-state index contributed by atoms with van der Waals surface area (Å²) in [5, 5.41) is 15.0. The predicted octanol–water partition coefficient (Wildman–Crippen LogP) is 2.32. The summed E-state index contributed by atoms with van der Waals surface area (Å²) in [5.41, 5.74) is 4.77. The molecule has 0 unspecified atom stereocenters. The Bertz CT molecular complexity index is 533. The molecule has 1 aromatic heterocycles. The lowest BCUT2D eigenvalue weighted by Gasteiger charge is -2.10. The van der Waals surface area contributed by atoms with Crippen LogP contribution >= 0.6 is 11.6 Å². The quantitative estimate of drug-likeness (QED) is 0.824. The summed E-state index contributed by atoms with van der Waals surface area (Å²) >= 11 is 6.23. The highest BCUT2D eigenvalue weighted by molar-refractivity contribution is 6.31. The fourth-order valence-corrected chi connectivity index (χ4v) is 2.62. The van der Waals surface area contributed by atoms with Crippen molar-refractivity contribution in [3.63, 3.8) is 0 Å². The molecule has 4 nitrogen and oxygen atoms in total. The molecule has 1 heterocycles. The fraction of sp³-hybridized carbons (Fsp3) is 0.364. The molecule has 82 valence electrons. The van der Waals surface area contributed by atoms with Crippen LogP contribution in [-0.2, 0) is 12.8 Å². The molecule has 5 heteroatoms. The van der Waals surface area contributed by atoms with E-state index in [4.69, 9.17) is 11.6 Å². The second-order valence-corrected chi connectivity index (χ2v) is 4.49. The lowest BCUT2D eigenvalue weighted by Crippen LogP contribution is -1.95. The van der Waals surface area contributed by atoms with Crippen LogP contribution in [0.3, 0.4) is 0 Å². The minimum absolute atomic E-state index is 0.651. The Balaban J connectivity index is 2.31. The van der Waals surface area contributed by atoms with Crippen molar-refractivity contribution < 1.29 is 0 Å². The van der Waals surface area contributed by atoms with E-state index in [0.717, 1.165) is 29.0 Å². The highest BCUT2D eigenvalue weighted by Crippen LogP contribution is 2.36. The number of aromatic amines is 1. The van der Waals surface area contributed by atoms with E-state index in [1.54, 1.807) is 0 Å². The van der Waals surface area contributed by atoms with E-state index in [-0.39, 0.29) is 0 Å². The number of tetrazole rings is 1. The number of halogens is 1. The van der Waals surface area contributed by atoms with Gasteiger partial charge in [-0.3, -0.25) is 0 Å². The summed E-state index contributed by atoms with van der Waals surface area (Å²) in [5.74, 6) is 0.651. The van der Waals surface area contributed by atoms with Gasteiger partial charge in [0.2, 0.25) is 5.82 Å². The van der Waals surface area contributed by atoms with Crippen molar-refractivity contribution in [1.29, 1.82) is 0 Å². The molecule has 0 saturated heterocycles. The lowest BCUT2D eigenvalue weighted by atomic mass is 9.98. The molecule has 0 aliphatic heterocycles. The zero-order chi connectivity index (χ0) is 11.1. The van der Waals surface area contributed by atoms with E-state index in [9.17, 15) is 0 Å². The Labute approximate surface area is 98.0 Å². The van der Waals surface area contributed by atoms with Gasteiger partial charge in [-0.05, 0) is 54.2 Å². The highest BCUT2D eigenvalue weighted by atomic mass is 35.5. The minimum atomic E-state index is 0.651. The summed E-state index contributed by atoms with van der Waals surface area (Å²) in [7, 11) is 0. The van der Waals surface area contributed by atoms with Crippen LogP contribution in [0.15, 0.2) is 6.07 Å². The molecule has 0 saturated carbocycles. The number of hydrogen-bond donors (Lipinski definition) is 1. The predicted molar refractivity (Wildman–Crippen MR) is 61.4 cm³/mol. The molecule has 16 heavy (non-hydrogen) atoms. The zero-order valence-electron chi connectivity index (χ0n) is 8.92. The Morgan fingerprint density at radius 3 is 3.00 bits per heavy atom. The van der Waals surface area contributed by atoms with Gasteiger partial charge in [-0.25, -0.2) is 0 Å². The van der Waals surface area contributed by atoms with E-state index in [1.165, 1.54) is 17.5 Å². The van der Waals surface area contributed by atoms with Gasteiger partial charge in [0.05, 0.1) is 0 Å². The average Bonchev–Trinajstić information content (AvgIpc) is 2.89. The van der Waals surface area contributed by atoms with Gasteiger partial charge in [-0.2, -0.15) is 5.21 Å². The van der Waals surface area contributed by atoms with E-state index in [0.29, 0.717) is 5.82 Å². The third-order valence-corrected chi connectivity index (χ3v) is 3.56. The van der Waals surface area contributed by atoms with Crippen molar-refractivity contribution in [3.05, 3.63) is 27.8 Å². The summed E-state index contributed by atoms with van der Waals surface area (Å²) < 4.78 is 0. The molecule has 1 aromatic carbocycles. The number of benzene rings is 1. The topological polar surface area (TPSA) is 54.5 Å². The molecule has 1 N–H and O–H groups in total. The monoisotopic (exact) mass is 234 g/mol. The van der Waals surface area contributed by atoms with Crippen LogP contribution in [0, 0.1) is 6.92 Å². The Morgan fingerprint density at radius 2 is 2.25 bits per heavy atom. The summed E-state index contributed by atoms with van der Waals surface area (Å²) in [6.07, 6.45) is 3.36. The molecule has 0 bridgehead atoms. The third kappa shape index (κ3) is 1.33. The molecule has 0 amide bonds. The summed E-state index contributed by atoms with van der Waals surface area (Å²) in [6, 6.07) is 2.07. The molecule has 0 radical (unpaired) electrons. The Hall–Kier alpha value is -1.42. The molecule has 0 fully saturated rings. The molecule has 0 spiro atoms. The van der Waals surface area contributed by atoms with Crippen LogP contribution in [-0.4, -0.2) is 20.6 Å². The molecule has 0 atom stereocenters. The summed E-state index contributed by atoms with van der Waals surface area (Å²) in [6.45, 7) is 2.01. The molecule has 2 aromatic rings. The molecule has 1 aliphatic rings. The Morgan fingerprint density at radius 1 is 1.38 bits per heavy atom. The summed E-state index contributed by atoms with van der Waals surface area (Å²) in [4.78, 5) is 0. The number of aryl methyl sites for hydroxylation is 1. The first-order valence-corrected chi connectivity index (χ1v) is 5.70. The van der Waals surface area contributed by atoms with Crippen LogP contribution in [0.2, 0.25) is 5.02 Å². The first-order valence-electron chi connectivity index (χ1n) is 5.32. The minimum Gasteiger partial charge on any atom is -0.177 e. The van der Waals surface area contributed by atoms with Gasteiger partial charge in [0, 0.05) is 10.6 Å². The maximum absolute atomic E-state index is 6.23.